The second-order valence-electron chi connectivity index (χ2n) is 6.74. The number of aromatic nitrogens is 1. The smallest absolute Gasteiger partial charge is 0.328 e. The Morgan fingerprint density at radius 3 is 2.75 bits per heavy atom. The van der Waals surface area contributed by atoms with Gasteiger partial charge in [-0.3, -0.25) is 15.0 Å². The first kappa shape index (κ1) is 19.4. The zero-order valence-corrected chi connectivity index (χ0v) is 16.6. The number of carbonyl (C=O) groups excluding carboxylic acids is 2. The maximum absolute atomic E-state index is 12.9. The average molecular weight is 447 g/mol. The Morgan fingerprint density at radius 1 is 1.29 bits per heavy atom. The van der Waals surface area contributed by atoms with E-state index in [4.69, 9.17) is 23.2 Å². The Kier molecular flexibility index (Phi) is 4.93. The van der Waals surface area contributed by atoms with Crippen molar-refractivity contribution in [2.24, 2.45) is 0 Å². The summed E-state index contributed by atoms with van der Waals surface area (Å²) in [5.74, 6) is -1.19. The summed E-state index contributed by atoms with van der Waals surface area (Å²) in [6.07, 6.45) is -1.15. The van der Waals surface area contributed by atoms with E-state index in [1.54, 1.807) is 18.2 Å². The second-order valence-corrected chi connectivity index (χ2v) is 8.84. The number of likely N-dealkylation sites (tertiary alicyclic amines) is 1. The van der Waals surface area contributed by atoms with Crippen LogP contribution in [0.3, 0.4) is 0 Å². The predicted octanol–water partition coefficient (Wildman–Crippen LogP) is 4.24. The molecule has 3 heterocycles. The fraction of sp³-hybridized carbons (Fsp3) is 0.353. The van der Waals surface area contributed by atoms with Gasteiger partial charge in [-0.05, 0) is 30.2 Å². The zero-order chi connectivity index (χ0) is 20.1. The molecule has 148 valence electrons. The number of nitrogens with one attached hydrogen (secondary N) is 1. The van der Waals surface area contributed by atoms with Gasteiger partial charge in [0.25, 0.3) is 5.91 Å². The highest BCUT2D eigenvalue weighted by Gasteiger charge is 2.50. The van der Waals surface area contributed by atoms with Crippen molar-refractivity contribution >= 4 is 57.3 Å². The van der Waals surface area contributed by atoms with Gasteiger partial charge < -0.3 is 4.90 Å². The van der Waals surface area contributed by atoms with E-state index in [9.17, 15) is 18.4 Å². The maximum Gasteiger partial charge on any atom is 0.328 e. The number of alkyl halides is 2. The lowest BCUT2D eigenvalue weighted by Gasteiger charge is -2.25. The Balaban J connectivity index is 1.63. The standard InChI is InChI=1S/C17H14Cl2F2N4O2S/c18-9-1-2-11-10(5-9)17(3-4-24(7-17)14(26)13(20)21)8-25(11)16(27)23-15-22-6-12(19)28-15/h1-2,5-6,13H,3-4,7-8H2,(H,22,23,27). The molecule has 6 nitrogen and oxygen atoms in total. The molecule has 2 aliphatic heterocycles. The first-order valence-electron chi connectivity index (χ1n) is 8.36. The number of hydrogen-bond donors (Lipinski definition) is 1. The van der Waals surface area contributed by atoms with Gasteiger partial charge in [0.2, 0.25) is 0 Å². The number of anilines is 2. The summed E-state index contributed by atoms with van der Waals surface area (Å²) in [4.78, 5) is 31.3. The molecular weight excluding hydrogens is 433 g/mol. The summed E-state index contributed by atoms with van der Waals surface area (Å²) >= 11 is 13.1. The molecule has 3 amide bonds. The Morgan fingerprint density at radius 2 is 2.07 bits per heavy atom. The van der Waals surface area contributed by atoms with Crippen molar-refractivity contribution in [3.63, 3.8) is 0 Å². The third-order valence-corrected chi connectivity index (χ3v) is 6.34. The number of halogens is 4. The van der Waals surface area contributed by atoms with E-state index in [0.717, 1.165) is 21.8 Å². The molecular formula is C17H14Cl2F2N4O2S. The van der Waals surface area contributed by atoms with Crippen LogP contribution in [0, 0.1) is 0 Å². The van der Waals surface area contributed by atoms with Crippen molar-refractivity contribution in [2.75, 3.05) is 29.9 Å². The number of nitrogens with zero attached hydrogens (tertiary/aromatic N) is 3. The number of carbonyl (C=O) groups is 2. The number of amides is 3. The van der Waals surface area contributed by atoms with Gasteiger partial charge in [0.05, 0.1) is 6.20 Å². The van der Waals surface area contributed by atoms with Crippen LogP contribution in [0.2, 0.25) is 9.36 Å². The molecule has 1 fully saturated rings. The minimum absolute atomic E-state index is 0.108. The van der Waals surface area contributed by atoms with Crippen LogP contribution in [0.25, 0.3) is 0 Å². The van der Waals surface area contributed by atoms with Gasteiger partial charge in [-0.25, -0.2) is 9.78 Å². The van der Waals surface area contributed by atoms with Gasteiger partial charge in [-0.1, -0.05) is 34.5 Å². The lowest BCUT2D eigenvalue weighted by Crippen LogP contribution is -2.42. The Hall–Kier alpha value is -1.97. The van der Waals surface area contributed by atoms with E-state index in [-0.39, 0.29) is 19.6 Å². The second kappa shape index (κ2) is 7.13. The molecule has 2 aliphatic rings. The van der Waals surface area contributed by atoms with Crippen LogP contribution in [0.4, 0.5) is 24.4 Å². The molecule has 1 atom stereocenters. The summed E-state index contributed by atoms with van der Waals surface area (Å²) in [6, 6.07) is 4.71. The first-order chi connectivity index (χ1) is 13.3. The summed E-state index contributed by atoms with van der Waals surface area (Å²) in [7, 11) is 0. The number of urea groups is 1. The van der Waals surface area contributed by atoms with Gasteiger partial charge in [0.1, 0.15) is 4.34 Å². The predicted molar refractivity (Wildman–Crippen MR) is 104 cm³/mol. The van der Waals surface area contributed by atoms with E-state index in [1.165, 1.54) is 11.1 Å². The van der Waals surface area contributed by atoms with Crippen LogP contribution < -0.4 is 10.2 Å². The molecule has 1 saturated heterocycles. The van der Waals surface area contributed by atoms with E-state index in [0.29, 0.717) is 26.6 Å². The minimum Gasteiger partial charge on any atom is -0.337 e. The van der Waals surface area contributed by atoms with Crippen LogP contribution in [0.15, 0.2) is 24.4 Å². The van der Waals surface area contributed by atoms with Crippen molar-refractivity contribution in [1.29, 1.82) is 0 Å². The normalized spacial score (nSPS) is 20.9. The van der Waals surface area contributed by atoms with Crippen molar-refractivity contribution in [2.45, 2.75) is 18.3 Å². The Bertz CT molecular complexity index is 957. The first-order valence-corrected chi connectivity index (χ1v) is 9.93. The van der Waals surface area contributed by atoms with Crippen LogP contribution in [0.1, 0.15) is 12.0 Å². The molecule has 28 heavy (non-hydrogen) atoms. The maximum atomic E-state index is 12.9. The molecule has 1 aromatic carbocycles. The fourth-order valence-electron chi connectivity index (χ4n) is 3.84. The molecule has 4 rings (SSSR count). The third kappa shape index (κ3) is 3.31. The summed E-state index contributed by atoms with van der Waals surface area (Å²) in [5.41, 5.74) is 0.774. The fourth-order valence-corrected chi connectivity index (χ4v) is 4.82. The van der Waals surface area contributed by atoms with Gasteiger partial charge in [-0.15, -0.1) is 0 Å². The molecule has 11 heteroatoms. The molecule has 1 N–H and O–H groups in total. The summed E-state index contributed by atoms with van der Waals surface area (Å²) in [6.45, 7) is 0.559. The summed E-state index contributed by atoms with van der Waals surface area (Å²) in [5, 5.41) is 3.53. The molecule has 0 bridgehead atoms. The lowest BCUT2D eigenvalue weighted by molar-refractivity contribution is -0.141. The molecule has 0 radical (unpaired) electrons. The topological polar surface area (TPSA) is 65.5 Å². The number of rotatable bonds is 2. The SMILES string of the molecule is O=C(C(F)F)N1CCC2(C1)CN(C(=O)Nc1ncc(Cl)s1)c1ccc(Cl)cc12. The zero-order valence-electron chi connectivity index (χ0n) is 14.3. The van der Waals surface area contributed by atoms with Crippen molar-refractivity contribution in [3.05, 3.63) is 39.3 Å². The minimum atomic E-state index is -3.05. The highest BCUT2D eigenvalue weighted by atomic mass is 35.5. The van der Waals surface area contributed by atoms with Crippen LogP contribution in [-0.2, 0) is 10.2 Å². The molecule has 2 aromatic rings. The number of fused-ring (bicyclic) bond motifs is 2. The van der Waals surface area contributed by atoms with Crippen LogP contribution >= 0.6 is 34.5 Å². The highest BCUT2D eigenvalue weighted by Crippen LogP contribution is 2.47. The van der Waals surface area contributed by atoms with Gasteiger partial charge in [0, 0.05) is 35.8 Å². The monoisotopic (exact) mass is 446 g/mol. The lowest BCUT2D eigenvalue weighted by atomic mass is 9.81. The largest absolute Gasteiger partial charge is 0.337 e. The van der Waals surface area contributed by atoms with Gasteiger partial charge in [-0.2, -0.15) is 8.78 Å². The van der Waals surface area contributed by atoms with Crippen molar-refractivity contribution < 1.29 is 18.4 Å². The van der Waals surface area contributed by atoms with Crippen molar-refractivity contribution in [3.8, 4) is 0 Å². The van der Waals surface area contributed by atoms with Gasteiger partial charge >= 0.3 is 12.5 Å². The quantitative estimate of drug-likeness (QED) is 0.749. The third-order valence-electron chi connectivity index (χ3n) is 5.07. The number of hydrogen-bond acceptors (Lipinski definition) is 4. The Labute approximate surface area is 173 Å². The van der Waals surface area contributed by atoms with Crippen molar-refractivity contribution in [1.82, 2.24) is 9.88 Å². The van der Waals surface area contributed by atoms with Crippen LogP contribution in [0.5, 0.6) is 0 Å². The number of thiazole rings is 1. The highest BCUT2D eigenvalue weighted by molar-refractivity contribution is 7.19. The van der Waals surface area contributed by atoms with Gasteiger partial charge in [0.15, 0.2) is 5.13 Å². The molecule has 1 unspecified atom stereocenters. The molecule has 0 aliphatic carbocycles. The van der Waals surface area contributed by atoms with E-state index in [2.05, 4.69) is 10.3 Å². The van der Waals surface area contributed by atoms with E-state index >= 15 is 0 Å². The van der Waals surface area contributed by atoms with E-state index in [1.807, 2.05) is 0 Å². The van der Waals surface area contributed by atoms with Crippen LogP contribution in [-0.4, -0.2) is 47.9 Å². The molecule has 0 saturated carbocycles. The molecule has 1 spiro atoms. The molecule has 1 aromatic heterocycles. The summed E-state index contributed by atoms with van der Waals surface area (Å²) < 4.78 is 26.2. The van der Waals surface area contributed by atoms with E-state index < -0.39 is 23.8 Å². The number of benzene rings is 1. The average Bonchev–Trinajstić information content (AvgIpc) is 3.34.